The van der Waals surface area contributed by atoms with Gasteiger partial charge in [-0.25, -0.2) is 4.79 Å². The third kappa shape index (κ3) is 4.12. The molecule has 6 nitrogen and oxygen atoms in total. The van der Waals surface area contributed by atoms with Crippen molar-refractivity contribution in [2.45, 2.75) is 25.7 Å². The maximum Gasteiger partial charge on any atom is 0.335 e. The molecule has 6 heteroatoms. The van der Waals surface area contributed by atoms with Gasteiger partial charge in [0.05, 0.1) is 10.5 Å². The van der Waals surface area contributed by atoms with E-state index < -0.39 is 10.9 Å². The van der Waals surface area contributed by atoms with Crippen LogP contribution in [0.4, 0.5) is 5.69 Å². The predicted molar refractivity (Wildman–Crippen MR) is 80.9 cm³/mol. The van der Waals surface area contributed by atoms with Crippen LogP contribution in [0.1, 0.15) is 34.5 Å². The maximum absolute atomic E-state index is 11.1. The summed E-state index contributed by atoms with van der Waals surface area (Å²) in [5.74, 6) is -1.16. The Hall–Kier alpha value is -2.76. The van der Waals surface area contributed by atoms with Crippen LogP contribution in [0, 0.1) is 10.1 Å². The Bertz CT molecular complexity index is 671. The molecule has 0 amide bonds. The molecular formula is C16H16N2O4. The van der Waals surface area contributed by atoms with Crippen molar-refractivity contribution in [2.75, 3.05) is 0 Å². The second kappa shape index (κ2) is 7.31. The predicted octanol–water partition coefficient (Wildman–Crippen LogP) is 3.25. The summed E-state index contributed by atoms with van der Waals surface area (Å²) in [6, 6.07) is 9.79. The fraction of sp³-hybridized carbons (Fsp3) is 0.250. The number of aromatic nitrogens is 1. The second-order valence-electron chi connectivity index (χ2n) is 4.93. The minimum absolute atomic E-state index is 0.0658. The number of rotatable bonds is 7. The molecule has 0 aliphatic carbocycles. The molecule has 1 N–H and O–H groups in total. The maximum atomic E-state index is 11.1. The first-order valence-corrected chi connectivity index (χ1v) is 6.98. The Morgan fingerprint density at radius 3 is 2.59 bits per heavy atom. The van der Waals surface area contributed by atoms with Gasteiger partial charge in [-0.15, -0.1) is 0 Å². The van der Waals surface area contributed by atoms with Gasteiger partial charge >= 0.3 is 5.97 Å². The summed E-state index contributed by atoms with van der Waals surface area (Å²) in [6.45, 7) is 0. The zero-order valence-corrected chi connectivity index (χ0v) is 11.9. The molecule has 0 aliphatic heterocycles. The molecule has 0 bridgehead atoms. The summed E-state index contributed by atoms with van der Waals surface area (Å²) in [5, 5.41) is 19.9. The molecule has 0 atom stereocenters. The number of unbranched alkanes of at least 4 members (excludes halogenated alkanes) is 1. The van der Waals surface area contributed by atoms with Crippen LogP contribution in [0.5, 0.6) is 0 Å². The standard InChI is InChI=1S/C16H16N2O4/c19-16(20)13-9-8-12(15(11-13)18(21)22)5-1-2-6-14-7-3-4-10-17-14/h3-4,7-11H,1-2,5-6H2,(H,19,20). The number of carbonyl (C=O) groups is 1. The highest BCUT2D eigenvalue weighted by molar-refractivity contribution is 5.88. The van der Waals surface area contributed by atoms with E-state index in [-0.39, 0.29) is 11.3 Å². The minimum atomic E-state index is -1.16. The third-order valence-electron chi connectivity index (χ3n) is 3.38. The first-order chi connectivity index (χ1) is 10.6. The zero-order valence-electron chi connectivity index (χ0n) is 11.9. The molecule has 0 unspecified atom stereocenters. The van der Waals surface area contributed by atoms with E-state index in [9.17, 15) is 14.9 Å². The van der Waals surface area contributed by atoms with E-state index in [1.54, 1.807) is 6.20 Å². The molecule has 22 heavy (non-hydrogen) atoms. The van der Waals surface area contributed by atoms with Crippen LogP contribution in [0.3, 0.4) is 0 Å². The molecular weight excluding hydrogens is 284 g/mol. The Morgan fingerprint density at radius 2 is 1.95 bits per heavy atom. The van der Waals surface area contributed by atoms with Crippen molar-refractivity contribution in [3.05, 3.63) is 69.5 Å². The van der Waals surface area contributed by atoms with E-state index in [1.165, 1.54) is 12.1 Å². The molecule has 0 saturated carbocycles. The average Bonchev–Trinajstić information content (AvgIpc) is 2.52. The normalized spacial score (nSPS) is 10.4. The van der Waals surface area contributed by atoms with Gasteiger partial charge in [0.15, 0.2) is 0 Å². The molecule has 1 aromatic heterocycles. The number of nitro groups is 1. The number of pyridine rings is 1. The molecule has 0 aliphatic rings. The fourth-order valence-electron chi connectivity index (χ4n) is 2.25. The Morgan fingerprint density at radius 1 is 1.18 bits per heavy atom. The molecule has 0 fully saturated rings. The number of nitro benzene ring substituents is 1. The van der Waals surface area contributed by atoms with E-state index in [4.69, 9.17) is 5.11 Å². The zero-order chi connectivity index (χ0) is 15.9. The Kier molecular flexibility index (Phi) is 5.19. The lowest BCUT2D eigenvalue weighted by molar-refractivity contribution is -0.385. The van der Waals surface area contributed by atoms with Gasteiger partial charge in [-0.3, -0.25) is 15.1 Å². The van der Waals surface area contributed by atoms with E-state index in [1.807, 2.05) is 18.2 Å². The second-order valence-corrected chi connectivity index (χ2v) is 4.93. The fourth-order valence-corrected chi connectivity index (χ4v) is 2.25. The van der Waals surface area contributed by atoms with Crippen molar-refractivity contribution in [1.82, 2.24) is 4.98 Å². The third-order valence-corrected chi connectivity index (χ3v) is 3.38. The van der Waals surface area contributed by atoms with Gasteiger partial charge in [0.25, 0.3) is 5.69 Å². The van der Waals surface area contributed by atoms with Gasteiger partial charge in [-0.1, -0.05) is 12.1 Å². The van der Waals surface area contributed by atoms with Gasteiger partial charge in [-0.05, 0) is 43.9 Å². The number of aryl methyl sites for hydroxylation is 2. The van der Waals surface area contributed by atoms with Gasteiger partial charge in [0.2, 0.25) is 0 Å². The molecule has 2 rings (SSSR count). The molecule has 1 heterocycles. The highest BCUT2D eigenvalue weighted by atomic mass is 16.6. The van der Waals surface area contributed by atoms with Crippen LogP contribution in [-0.4, -0.2) is 21.0 Å². The number of hydrogen-bond acceptors (Lipinski definition) is 4. The number of benzene rings is 1. The van der Waals surface area contributed by atoms with E-state index in [2.05, 4.69) is 4.98 Å². The average molecular weight is 300 g/mol. The summed E-state index contributed by atoms with van der Waals surface area (Å²) in [5.41, 5.74) is 1.37. The highest BCUT2D eigenvalue weighted by Crippen LogP contribution is 2.22. The van der Waals surface area contributed by atoms with Gasteiger partial charge in [-0.2, -0.15) is 0 Å². The number of carboxylic acids is 1. The van der Waals surface area contributed by atoms with Crippen LogP contribution >= 0.6 is 0 Å². The molecule has 1 aromatic carbocycles. The van der Waals surface area contributed by atoms with Gasteiger partial charge in [0, 0.05) is 23.5 Å². The first-order valence-electron chi connectivity index (χ1n) is 6.98. The number of aromatic carboxylic acids is 1. The Labute approximate surface area is 127 Å². The van der Waals surface area contributed by atoms with Crippen LogP contribution in [0.15, 0.2) is 42.6 Å². The summed E-state index contributed by atoms with van der Waals surface area (Å²) >= 11 is 0. The number of carboxylic acid groups (broad SMARTS) is 1. The lowest BCUT2D eigenvalue weighted by atomic mass is 10.0. The lowest BCUT2D eigenvalue weighted by Gasteiger charge is -2.04. The van der Waals surface area contributed by atoms with E-state index >= 15 is 0 Å². The molecule has 114 valence electrons. The first kappa shape index (κ1) is 15.6. The van der Waals surface area contributed by atoms with Gasteiger partial charge < -0.3 is 5.11 Å². The highest BCUT2D eigenvalue weighted by Gasteiger charge is 2.16. The summed E-state index contributed by atoms with van der Waals surface area (Å²) in [4.78, 5) is 25.6. The van der Waals surface area contributed by atoms with Crippen molar-refractivity contribution < 1.29 is 14.8 Å². The van der Waals surface area contributed by atoms with E-state index in [0.717, 1.165) is 31.0 Å². The largest absolute Gasteiger partial charge is 0.478 e. The van der Waals surface area contributed by atoms with E-state index in [0.29, 0.717) is 12.0 Å². The monoisotopic (exact) mass is 300 g/mol. The van der Waals surface area contributed by atoms with Crippen molar-refractivity contribution in [2.24, 2.45) is 0 Å². The Balaban J connectivity index is 1.97. The molecule has 0 radical (unpaired) electrons. The SMILES string of the molecule is O=C(O)c1ccc(CCCCc2ccccn2)c([N+](=O)[O-])c1. The van der Waals surface area contributed by atoms with Crippen molar-refractivity contribution in [1.29, 1.82) is 0 Å². The van der Waals surface area contributed by atoms with Crippen molar-refractivity contribution in [3.63, 3.8) is 0 Å². The summed E-state index contributed by atoms with van der Waals surface area (Å²) in [6.07, 6.45) is 4.76. The summed E-state index contributed by atoms with van der Waals surface area (Å²) < 4.78 is 0. The minimum Gasteiger partial charge on any atom is -0.478 e. The molecule has 0 spiro atoms. The number of hydrogen-bond donors (Lipinski definition) is 1. The van der Waals surface area contributed by atoms with Gasteiger partial charge in [0.1, 0.15) is 0 Å². The quantitative estimate of drug-likeness (QED) is 0.481. The van der Waals surface area contributed by atoms with Crippen LogP contribution < -0.4 is 0 Å². The number of nitrogens with zero attached hydrogens (tertiary/aromatic N) is 2. The smallest absolute Gasteiger partial charge is 0.335 e. The van der Waals surface area contributed by atoms with Crippen LogP contribution in [0.25, 0.3) is 0 Å². The van der Waals surface area contributed by atoms with Crippen molar-refractivity contribution in [3.8, 4) is 0 Å². The van der Waals surface area contributed by atoms with Crippen molar-refractivity contribution >= 4 is 11.7 Å². The van der Waals surface area contributed by atoms with Crippen LogP contribution in [0.2, 0.25) is 0 Å². The lowest BCUT2D eigenvalue weighted by Crippen LogP contribution is -2.02. The summed E-state index contributed by atoms with van der Waals surface area (Å²) in [7, 11) is 0. The topological polar surface area (TPSA) is 93.3 Å². The van der Waals surface area contributed by atoms with Crippen LogP contribution in [-0.2, 0) is 12.8 Å². The molecule has 0 saturated heterocycles. The molecule has 2 aromatic rings.